The lowest BCUT2D eigenvalue weighted by Gasteiger charge is -2.20. The first kappa shape index (κ1) is 13.2. The maximum Gasteiger partial charge on any atom is 0.0346 e. The van der Waals surface area contributed by atoms with Crippen molar-refractivity contribution < 1.29 is 0 Å². The summed E-state index contributed by atoms with van der Waals surface area (Å²) in [6.45, 7) is 5.32. The fourth-order valence-corrected chi connectivity index (χ4v) is 2.92. The third-order valence-electron chi connectivity index (χ3n) is 4.26. The zero-order chi connectivity index (χ0) is 13.9. The summed E-state index contributed by atoms with van der Waals surface area (Å²) in [6, 6.07) is 15.3. The molecule has 0 saturated carbocycles. The van der Waals surface area contributed by atoms with Gasteiger partial charge in [-0.1, -0.05) is 36.4 Å². The highest BCUT2D eigenvalue weighted by Crippen LogP contribution is 2.19. The van der Waals surface area contributed by atoms with Gasteiger partial charge in [-0.25, -0.2) is 0 Å². The van der Waals surface area contributed by atoms with Crippen LogP contribution in [-0.2, 0) is 19.4 Å². The molecule has 104 valence electrons. The van der Waals surface area contributed by atoms with Crippen molar-refractivity contribution in [3.63, 3.8) is 0 Å². The van der Waals surface area contributed by atoms with E-state index in [0.717, 1.165) is 43.7 Å². The van der Waals surface area contributed by atoms with Gasteiger partial charge in [-0.15, -0.1) is 0 Å². The van der Waals surface area contributed by atoms with Crippen LogP contribution < -0.4 is 5.73 Å². The Hall–Kier alpha value is -1.80. The Labute approximate surface area is 121 Å². The highest BCUT2D eigenvalue weighted by Gasteiger charge is 2.13. The second-order valence-corrected chi connectivity index (χ2v) is 5.74. The highest BCUT2D eigenvalue weighted by molar-refractivity contribution is 5.48. The van der Waals surface area contributed by atoms with Gasteiger partial charge in [-0.2, -0.15) is 0 Å². The minimum atomic E-state index is 0.903. The minimum Gasteiger partial charge on any atom is -0.399 e. The molecule has 2 heteroatoms. The standard InChI is InChI=1S/C18H22N2/c1-14-6-7-15(12-18(14)19)13-20-10-8-16-4-2-3-5-17(16)9-11-20/h2-7,12H,8-11,13,19H2,1H3. The molecule has 2 N–H and O–H groups in total. The zero-order valence-electron chi connectivity index (χ0n) is 12.1. The van der Waals surface area contributed by atoms with Crippen LogP contribution in [0.1, 0.15) is 22.3 Å². The van der Waals surface area contributed by atoms with Crippen LogP contribution in [-0.4, -0.2) is 18.0 Å². The Kier molecular flexibility index (Phi) is 3.75. The lowest BCUT2D eigenvalue weighted by Crippen LogP contribution is -2.26. The highest BCUT2D eigenvalue weighted by atomic mass is 15.1. The summed E-state index contributed by atoms with van der Waals surface area (Å²) >= 11 is 0. The van der Waals surface area contributed by atoms with Crippen LogP contribution in [0.25, 0.3) is 0 Å². The number of benzene rings is 2. The van der Waals surface area contributed by atoms with Crippen LogP contribution in [0.5, 0.6) is 0 Å². The van der Waals surface area contributed by atoms with Crippen LogP contribution in [0.3, 0.4) is 0 Å². The molecule has 0 unspecified atom stereocenters. The molecule has 0 spiro atoms. The van der Waals surface area contributed by atoms with Gasteiger partial charge in [0.15, 0.2) is 0 Å². The van der Waals surface area contributed by atoms with Crippen LogP contribution >= 0.6 is 0 Å². The molecule has 0 saturated heterocycles. The van der Waals surface area contributed by atoms with E-state index in [2.05, 4.69) is 54.3 Å². The zero-order valence-corrected chi connectivity index (χ0v) is 12.1. The molecule has 1 heterocycles. The summed E-state index contributed by atoms with van der Waals surface area (Å²) in [5.41, 5.74) is 12.4. The van der Waals surface area contributed by atoms with Crippen molar-refractivity contribution in [2.45, 2.75) is 26.3 Å². The molecule has 20 heavy (non-hydrogen) atoms. The molecule has 2 nitrogen and oxygen atoms in total. The Morgan fingerprint density at radius 3 is 2.25 bits per heavy atom. The van der Waals surface area contributed by atoms with E-state index in [0.29, 0.717) is 0 Å². The monoisotopic (exact) mass is 266 g/mol. The fraction of sp³-hybridized carbons (Fsp3) is 0.333. The number of hydrogen-bond acceptors (Lipinski definition) is 2. The number of aryl methyl sites for hydroxylation is 1. The van der Waals surface area contributed by atoms with Gasteiger partial charge in [0.25, 0.3) is 0 Å². The van der Waals surface area contributed by atoms with E-state index in [9.17, 15) is 0 Å². The topological polar surface area (TPSA) is 29.3 Å². The number of nitrogens with two attached hydrogens (primary N) is 1. The first-order chi connectivity index (χ1) is 9.72. The van der Waals surface area contributed by atoms with Crippen molar-refractivity contribution in [2.75, 3.05) is 18.8 Å². The normalized spacial score (nSPS) is 15.7. The third kappa shape index (κ3) is 2.86. The van der Waals surface area contributed by atoms with Gasteiger partial charge in [0.05, 0.1) is 0 Å². The molecular weight excluding hydrogens is 244 g/mol. The summed E-state index contributed by atoms with van der Waals surface area (Å²) in [7, 11) is 0. The number of fused-ring (bicyclic) bond motifs is 1. The Balaban J connectivity index is 1.69. The van der Waals surface area contributed by atoms with Gasteiger partial charge in [0.1, 0.15) is 0 Å². The molecule has 1 aliphatic rings. The Bertz CT molecular complexity index is 577. The van der Waals surface area contributed by atoms with E-state index in [1.807, 2.05) is 0 Å². The molecule has 0 aliphatic carbocycles. The molecule has 2 aromatic rings. The molecular formula is C18H22N2. The van der Waals surface area contributed by atoms with E-state index in [1.54, 1.807) is 0 Å². The number of hydrogen-bond donors (Lipinski definition) is 1. The van der Waals surface area contributed by atoms with Crippen LogP contribution in [0.15, 0.2) is 42.5 Å². The molecule has 0 amide bonds. The molecule has 3 rings (SSSR count). The smallest absolute Gasteiger partial charge is 0.0346 e. The van der Waals surface area contributed by atoms with Gasteiger partial charge < -0.3 is 5.73 Å². The van der Waals surface area contributed by atoms with Gasteiger partial charge >= 0.3 is 0 Å². The van der Waals surface area contributed by atoms with Crippen molar-refractivity contribution in [3.8, 4) is 0 Å². The third-order valence-corrected chi connectivity index (χ3v) is 4.26. The molecule has 0 radical (unpaired) electrons. The minimum absolute atomic E-state index is 0.903. The molecule has 2 aromatic carbocycles. The number of rotatable bonds is 2. The summed E-state index contributed by atoms with van der Waals surface area (Å²) in [4.78, 5) is 2.53. The lowest BCUT2D eigenvalue weighted by molar-refractivity contribution is 0.279. The Morgan fingerprint density at radius 2 is 1.65 bits per heavy atom. The van der Waals surface area contributed by atoms with E-state index >= 15 is 0 Å². The second-order valence-electron chi connectivity index (χ2n) is 5.74. The molecule has 1 aliphatic heterocycles. The van der Waals surface area contributed by atoms with Crippen molar-refractivity contribution in [3.05, 3.63) is 64.7 Å². The van der Waals surface area contributed by atoms with E-state index in [4.69, 9.17) is 5.73 Å². The average Bonchev–Trinajstić information content (AvgIpc) is 2.66. The maximum absolute atomic E-state index is 6.01. The van der Waals surface area contributed by atoms with E-state index < -0.39 is 0 Å². The van der Waals surface area contributed by atoms with Crippen LogP contribution in [0.2, 0.25) is 0 Å². The number of nitrogens with zero attached hydrogens (tertiary/aromatic N) is 1. The Morgan fingerprint density at radius 1 is 1.00 bits per heavy atom. The van der Waals surface area contributed by atoms with Crippen molar-refractivity contribution in [2.24, 2.45) is 0 Å². The summed E-state index contributed by atoms with van der Waals surface area (Å²) in [5.74, 6) is 0. The number of anilines is 1. The van der Waals surface area contributed by atoms with Gasteiger partial charge in [-0.05, 0) is 48.1 Å². The SMILES string of the molecule is Cc1ccc(CN2CCc3ccccc3CC2)cc1N. The summed E-state index contributed by atoms with van der Waals surface area (Å²) in [6.07, 6.45) is 2.30. The van der Waals surface area contributed by atoms with Crippen LogP contribution in [0, 0.1) is 6.92 Å². The molecule has 0 fully saturated rings. The predicted molar refractivity (Wildman–Crippen MR) is 84.7 cm³/mol. The molecule has 0 bridgehead atoms. The molecule has 0 aromatic heterocycles. The van der Waals surface area contributed by atoms with Gasteiger partial charge in [0.2, 0.25) is 0 Å². The number of nitrogen functional groups attached to an aromatic ring is 1. The van der Waals surface area contributed by atoms with E-state index in [-0.39, 0.29) is 0 Å². The summed E-state index contributed by atoms with van der Waals surface area (Å²) < 4.78 is 0. The first-order valence-electron chi connectivity index (χ1n) is 7.36. The van der Waals surface area contributed by atoms with E-state index in [1.165, 1.54) is 16.7 Å². The quantitative estimate of drug-likeness (QED) is 0.846. The van der Waals surface area contributed by atoms with Crippen molar-refractivity contribution >= 4 is 5.69 Å². The van der Waals surface area contributed by atoms with Crippen molar-refractivity contribution in [1.29, 1.82) is 0 Å². The largest absolute Gasteiger partial charge is 0.399 e. The van der Waals surface area contributed by atoms with Gasteiger partial charge in [-0.3, -0.25) is 4.90 Å². The van der Waals surface area contributed by atoms with Gasteiger partial charge in [0, 0.05) is 25.3 Å². The first-order valence-corrected chi connectivity index (χ1v) is 7.36. The fourth-order valence-electron chi connectivity index (χ4n) is 2.92. The predicted octanol–water partition coefficient (Wildman–Crippen LogP) is 3.18. The summed E-state index contributed by atoms with van der Waals surface area (Å²) in [5, 5.41) is 0. The lowest BCUT2D eigenvalue weighted by atomic mass is 10.0. The van der Waals surface area contributed by atoms with Crippen LogP contribution in [0.4, 0.5) is 5.69 Å². The molecule has 0 atom stereocenters. The maximum atomic E-state index is 6.01. The van der Waals surface area contributed by atoms with Crippen molar-refractivity contribution in [1.82, 2.24) is 4.90 Å². The second kappa shape index (κ2) is 5.68. The average molecular weight is 266 g/mol.